The van der Waals surface area contributed by atoms with Crippen LogP contribution in [0.2, 0.25) is 0 Å². The standard InChI is InChI=1S/C26H23F6N5O3/c1-14(2)20-35-19-10-13-37(22-18(25(27,28)29)4-3-11-33-22)12-9-17(19)21(36-20)34-16-7-5-15(6-8-16)23(38)40-24(39)26(30,31)32/h3-8,11,14H,9-10,12-13H2,1-2H3,(H,34,35,36). The van der Waals surface area contributed by atoms with E-state index in [-0.39, 0.29) is 30.4 Å². The third kappa shape index (κ3) is 6.49. The Labute approximate surface area is 224 Å². The molecule has 1 aromatic carbocycles. The van der Waals surface area contributed by atoms with Gasteiger partial charge in [0.15, 0.2) is 0 Å². The van der Waals surface area contributed by atoms with Crippen molar-refractivity contribution in [3.8, 4) is 0 Å². The lowest BCUT2D eigenvalue weighted by atomic mass is 10.1. The van der Waals surface area contributed by atoms with Gasteiger partial charge < -0.3 is 15.0 Å². The summed E-state index contributed by atoms with van der Waals surface area (Å²) in [5.74, 6) is -3.39. The Morgan fingerprint density at radius 3 is 2.27 bits per heavy atom. The maximum Gasteiger partial charge on any atom is 0.491 e. The molecule has 0 aliphatic carbocycles. The lowest BCUT2D eigenvalue weighted by Crippen LogP contribution is -2.29. The summed E-state index contributed by atoms with van der Waals surface area (Å²) >= 11 is 0. The van der Waals surface area contributed by atoms with E-state index in [1.54, 1.807) is 4.90 Å². The normalized spacial score (nSPS) is 14.0. The van der Waals surface area contributed by atoms with Crippen LogP contribution in [0.15, 0.2) is 42.6 Å². The number of hydrogen-bond donors (Lipinski definition) is 1. The summed E-state index contributed by atoms with van der Waals surface area (Å²) in [7, 11) is 0. The number of nitrogens with zero attached hydrogens (tertiary/aromatic N) is 4. The maximum absolute atomic E-state index is 13.6. The van der Waals surface area contributed by atoms with Gasteiger partial charge in [-0.15, -0.1) is 0 Å². The molecule has 0 spiro atoms. The largest absolute Gasteiger partial charge is 0.491 e. The fourth-order valence-corrected chi connectivity index (χ4v) is 4.09. The van der Waals surface area contributed by atoms with Crippen molar-refractivity contribution in [2.24, 2.45) is 0 Å². The van der Waals surface area contributed by atoms with Crippen LogP contribution in [0, 0.1) is 0 Å². The quantitative estimate of drug-likeness (QED) is 0.242. The third-order valence-corrected chi connectivity index (χ3v) is 6.07. The minimum Gasteiger partial charge on any atom is -0.383 e. The fourth-order valence-electron chi connectivity index (χ4n) is 4.09. The van der Waals surface area contributed by atoms with Gasteiger partial charge in [0.2, 0.25) is 0 Å². The molecule has 0 atom stereocenters. The van der Waals surface area contributed by atoms with Crippen LogP contribution >= 0.6 is 0 Å². The Morgan fingerprint density at radius 1 is 0.975 bits per heavy atom. The van der Waals surface area contributed by atoms with Crippen molar-refractivity contribution < 1.29 is 40.7 Å². The minimum absolute atomic E-state index is 0.0684. The van der Waals surface area contributed by atoms with Crippen molar-refractivity contribution in [3.05, 3.63) is 70.8 Å². The molecule has 0 saturated carbocycles. The van der Waals surface area contributed by atoms with Crippen molar-refractivity contribution >= 4 is 29.3 Å². The Balaban J connectivity index is 1.58. The van der Waals surface area contributed by atoms with Crippen molar-refractivity contribution in [3.63, 3.8) is 0 Å². The summed E-state index contributed by atoms with van der Waals surface area (Å²) in [5.41, 5.74) is 0.664. The number of alkyl halides is 6. The van der Waals surface area contributed by atoms with Crippen LogP contribution in [0.25, 0.3) is 0 Å². The number of halogens is 6. The first kappa shape index (κ1) is 28.8. The van der Waals surface area contributed by atoms with Crippen molar-refractivity contribution in [1.29, 1.82) is 0 Å². The van der Waals surface area contributed by atoms with E-state index in [0.717, 1.165) is 6.07 Å². The highest BCUT2D eigenvalue weighted by Crippen LogP contribution is 2.36. The number of carbonyl (C=O) groups excluding carboxylic acids is 2. The van der Waals surface area contributed by atoms with E-state index >= 15 is 0 Å². The van der Waals surface area contributed by atoms with Crippen LogP contribution in [-0.4, -0.2) is 46.2 Å². The van der Waals surface area contributed by atoms with Gasteiger partial charge in [-0.1, -0.05) is 13.8 Å². The number of fused-ring (bicyclic) bond motifs is 1. The average molecular weight is 567 g/mol. The molecule has 0 amide bonds. The molecule has 1 N–H and O–H groups in total. The summed E-state index contributed by atoms with van der Waals surface area (Å²) in [5, 5.41) is 3.11. The second-order valence-corrected chi connectivity index (χ2v) is 9.25. The SMILES string of the molecule is CC(C)c1nc2c(c(Nc3ccc(C(=O)OC(=O)C(F)(F)F)cc3)n1)CCN(c1ncccc1C(F)(F)F)CC2. The van der Waals surface area contributed by atoms with E-state index in [9.17, 15) is 35.9 Å². The molecule has 40 heavy (non-hydrogen) atoms. The van der Waals surface area contributed by atoms with Gasteiger partial charge in [0, 0.05) is 42.9 Å². The van der Waals surface area contributed by atoms with Gasteiger partial charge in [-0.2, -0.15) is 26.3 Å². The van der Waals surface area contributed by atoms with Crippen LogP contribution in [-0.2, 0) is 28.5 Å². The summed E-state index contributed by atoms with van der Waals surface area (Å²) in [6.07, 6.45) is -7.94. The Morgan fingerprint density at radius 2 is 1.65 bits per heavy atom. The molecule has 8 nitrogen and oxygen atoms in total. The van der Waals surface area contributed by atoms with E-state index in [0.29, 0.717) is 41.4 Å². The highest BCUT2D eigenvalue weighted by atomic mass is 19.4. The van der Waals surface area contributed by atoms with Gasteiger partial charge >= 0.3 is 24.3 Å². The summed E-state index contributed by atoms with van der Waals surface area (Å²) < 4.78 is 81.8. The predicted molar refractivity (Wildman–Crippen MR) is 131 cm³/mol. The second-order valence-electron chi connectivity index (χ2n) is 9.25. The molecule has 3 heterocycles. The van der Waals surface area contributed by atoms with E-state index in [1.807, 2.05) is 13.8 Å². The monoisotopic (exact) mass is 567 g/mol. The summed E-state index contributed by atoms with van der Waals surface area (Å²) in [6.45, 7) is 4.24. The number of aromatic nitrogens is 3. The van der Waals surface area contributed by atoms with Gasteiger partial charge in [0.1, 0.15) is 17.5 Å². The molecule has 1 aliphatic rings. The summed E-state index contributed by atoms with van der Waals surface area (Å²) in [4.78, 5) is 37.6. The highest BCUT2D eigenvalue weighted by Gasteiger charge is 2.42. The molecular weight excluding hydrogens is 544 g/mol. The zero-order valence-corrected chi connectivity index (χ0v) is 21.2. The molecule has 0 bridgehead atoms. The lowest BCUT2D eigenvalue weighted by molar-refractivity contribution is -0.193. The number of pyridine rings is 1. The van der Waals surface area contributed by atoms with Crippen LogP contribution in [0.1, 0.15) is 52.8 Å². The Bertz CT molecular complexity index is 1410. The number of benzene rings is 1. The first-order chi connectivity index (χ1) is 18.7. The minimum atomic E-state index is -5.31. The number of carbonyl (C=O) groups is 2. The Kier molecular flexibility index (Phi) is 7.98. The second kappa shape index (κ2) is 11.1. The number of nitrogens with one attached hydrogen (secondary N) is 1. The van der Waals surface area contributed by atoms with Gasteiger partial charge in [-0.3, -0.25) is 0 Å². The predicted octanol–water partition coefficient (Wildman–Crippen LogP) is 5.61. The fraction of sp³-hybridized carbons (Fsp3) is 0.346. The van der Waals surface area contributed by atoms with Gasteiger partial charge in [-0.05, 0) is 42.8 Å². The van der Waals surface area contributed by atoms with E-state index < -0.39 is 29.9 Å². The van der Waals surface area contributed by atoms with Gasteiger partial charge in [0.05, 0.1) is 16.8 Å². The molecule has 3 aromatic rings. The molecular formula is C26H23F6N5O3. The number of rotatable bonds is 5. The zero-order chi connectivity index (χ0) is 29.2. The van der Waals surface area contributed by atoms with Crippen molar-refractivity contribution in [2.75, 3.05) is 23.3 Å². The van der Waals surface area contributed by atoms with Crippen LogP contribution in [0.4, 0.5) is 43.7 Å². The summed E-state index contributed by atoms with van der Waals surface area (Å²) in [6, 6.07) is 7.37. The maximum atomic E-state index is 13.6. The molecule has 4 rings (SSSR count). The van der Waals surface area contributed by atoms with Crippen molar-refractivity contribution in [1.82, 2.24) is 15.0 Å². The van der Waals surface area contributed by atoms with Crippen LogP contribution < -0.4 is 10.2 Å². The molecule has 2 aromatic heterocycles. The molecule has 1 aliphatic heterocycles. The molecule has 0 unspecified atom stereocenters. The van der Waals surface area contributed by atoms with Gasteiger partial charge in [-0.25, -0.2) is 24.5 Å². The zero-order valence-electron chi connectivity index (χ0n) is 21.2. The molecule has 212 valence electrons. The molecule has 0 fully saturated rings. The number of anilines is 3. The number of hydrogen-bond acceptors (Lipinski definition) is 8. The highest BCUT2D eigenvalue weighted by molar-refractivity contribution is 5.98. The number of esters is 2. The van der Waals surface area contributed by atoms with Crippen molar-refractivity contribution in [2.45, 2.75) is 45.0 Å². The van der Waals surface area contributed by atoms with Gasteiger partial charge in [0.25, 0.3) is 0 Å². The number of ether oxygens (including phenoxy) is 1. The van der Waals surface area contributed by atoms with Crippen LogP contribution in [0.5, 0.6) is 0 Å². The van der Waals surface area contributed by atoms with Crippen LogP contribution in [0.3, 0.4) is 0 Å². The average Bonchev–Trinajstić information content (AvgIpc) is 3.11. The Hall–Kier alpha value is -4.23. The lowest BCUT2D eigenvalue weighted by Gasteiger charge is -2.24. The van der Waals surface area contributed by atoms with E-state index in [4.69, 9.17) is 0 Å². The molecule has 0 radical (unpaired) electrons. The van der Waals surface area contributed by atoms with E-state index in [1.165, 1.54) is 36.5 Å². The molecule has 0 saturated heterocycles. The smallest absolute Gasteiger partial charge is 0.383 e. The van der Waals surface area contributed by atoms with E-state index in [2.05, 4.69) is 25.0 Å². The third-order valence-electron chi connectivity index (χ3n) is 6.07. The molecule has 14 heteroatoms. The topological polar surface area (TPSA) is 97.3 Å². The first-order valence-electron chi connectivity index (χ1n) is 12.1. The first-order valence-corrected chi connectivity index (χ1v) is 12.1.